The van der Waals surface area contributed by atoms with E-state index in [4.69, 9.17) is 14.2 Å². The van der Waals surface area contributed by atoms with E-state index in [0.29, 0.717) is 59.2 Å². The number of hydrogen-bond donors (Lipinski definition) is 2. The van der Waals surface area contributed by atoms with Gasteiger partial charge in [0, 0.05) is 11.1 Å². The van der Waals surface area contributed by atoms with Crippen molar-refractivity contribution < 1.29 is 19.0 Å². The van der Waals surface area contributed by atoms with Gasteiger partial charge in [-0.15, -0.1) is 0 Å². The molecule has 0 radical (unpaired) electrons. The van der Waals surface area contributed by atoms with Gasteiger partial charge in [0.15, 0.2) is 11.5 Å². The number of aromatic nitrogens is 3. The Morgan fingerprint density at radius 1 is 0.952 bits per heavy atom. The number of ether oxygens (including phenoxy) is 3. The number of rotatable bonds is 11. The van der Waals surface area contributed by atoms with E-state index >= 15 is 0 Å². The molecule has 0 aliphatic carbocycles. The second-order valence-corrected chi connectivity index (χ2v) is 10.1. The third-order valence-electron chi connectivity index (χ3n) is 6.29. The van der Waals surface area contributed by atoms with Crippen LogP contribution in [0, 0.1) is 0 Å². The molecule has 2 heterocycles. The number of nitrogens with zero attached hydrogens (tertiary/aromatic N) is 3. The number of para-hydroxylation sites is 1. The van der Waals surface area contributed by atoms with Gasteiger partial charge in [-0.05, 0) is 52.0 Å². The van der Waals surface area contributed by atoms with Gasteiger partial charge < -0.3 is 14.2 Å². The van der Waals surface area contributed by atoms with Crippen molar-refractivity contribution in [2.24, 2.45) is 5.10 Å². The number of aromatic amines is 1. The van der Waals surface area contributed by atoms with Gasteiger partial charge in [-0.3, -0.25) is 14.7 Å². The van der Waals surface area contributed by atoms with Crippen molar-refractivity contribution in [3.63, 3.8) is 0 Å². The number of amides is 1. The molecule has 3 aromatic carbocycles. The molecule has 0 saturated carbocycles. The summed E-state index contributed by atoms with van der Waals surface area (Å²) in [6.45, 7) is 8.39. The molecule has 216 valence electrons. The maximum Gasteiger partial charge on any atom is 0.283 e. The van der Waals surface area contributed by atoms with Gasteiger partial charge in [0.05, 0.1) is 47.0 Å². The molecule has 0 atom stereocenters. The molecule has 0 bridgehead atoms. The summed E-state index contributed by atoms with van der Waals surface area (Å²) in [5, 5.41) is 8.05. The van der Waals surface area contributed by atoms with Crippen LogP contribution in [0.3, 0.4) is 0 Å². The van der Waals surface area contributed by atoms with E-state index in [-0.39, 0.29) is 11.1 Å². The van der Waals surface area contributed by atoms with Crippen molar-refractivity contribution in [1.29, 1.82) is 0 Å². The number of carbonyl (C=O) groups is 1. The Morgan fingerprint density at radius 3 is 2.24 bits per heavy atom. The van der Waals surface area contributed by atoms with E-state index in [1.165, 1.54) is 16.0 Å². The summed E-state index contributed by atoms with van der Waals surface area (Å²) in [7, 11) is 0. The first kappa shape index (κ1) is 28.6. The number of thiazole rings is 1. The zero-order valence-corrected chi connectivity index (χ0v) is 24.6. The molecule has 42 heavy (non-hydrogen) atoms. The zero-order chi connectivity index (χ0) is 29.6. The standard InChI is InChI=1S/C31H31N5O5S/c1-5-39-23-17-21(18-24(40-6-2)28(23)41-7-3)29(37)34-33-19(4)26-27(20-13-9-8-10-14-20)35-36(30(26)38)31-32-22-15-11-12-16-25(22)42-31/h8-18,35H,5-7H2,1-4H3,(H,34,37). The van der Waals surface area contributed by atoms with Crippen LogP contribution in [0.4, 0.5) is 0 Å². The predicted octanol–water partition coefficient (Wildman–Crippen LogP) is 5.79. The van der Waals surface area contributed by atoms with E-state index in [9.17, 15) is 9.59 Å². The van der Waals surface area contributed by atoms with Crippen LogP contribution in [0.25, 0.3) is 26.6 Å². The smallest absolute Gasteiger partial charge is 0.283 e. The molecule has 2 N–H and O–H groups in total. The highest BCUT2D eigenvalue weighted by molar-refractivity contribution is 7.20. The molecular formula is C31H31N5O5S. The van der Waals surface area contributed by atoms with Crippen LogP contribution in [-0.4, -0.2) is 46.2 Å². The normalized spacial score (nSPS) is 11.5. The van der Waals surface area contributed by atoms with Crippen LogP contribution in [0.15, 0.2) is 76.6 Å². The molecular weight excluding hydrogens is 554 g/mol. The number of hydrogen-bond acceptors (Lipinski definition) is 8. The fourth-order valence-corrected chi connectivity index (χ4v) is 5.38. The van der Waals surface area contributed by atoms with Crippen molar-refractivity contribution in [3.8, 4) is 33.6 Å². The van der Waals surface area contributed by atoms with E-state index in [0.717, 1.165) is 15.8 Å². The number of hydrazone groups is 1. The molecule has 0 spiro atoms. The van der Waals surface area contributed by atoms with Gasteiger partial charge >= 0.3 is 0 Å². The minimum absolute atomic E-state index is 0.270. The number of nitrogens with one attached hydrogen (secondary N) is 2. The molecule has 5 aromatic rings. The van der Waals surface area contributed by atoms with Crippen LogP contribution in [0.5, 0.6) is 17.2 Å². The molecule has 0 unspecified atom stereocenters. The SMILES string of the molecule is CCOc1cc(C(=O)NN=C(C)c2c(-c3ccccc3)[nH]n(-c3nc4ccccc4s3)c2=O)cc(OCC)c1OCC. The van der Waals surface area contributed by atoms with E-state index in [2.05, 4.69) is 20.6 Å². The van der Waals surface area contributed by atoms with Gasteiger partial charge in [0.2, 0.25) is 10.9 Å². The van der Waals surface area contributed by atoms with Crippen LogP contribution in [0.2, 0.25) is 0 Å². The molecule has 0 saturated heterocycles. The molecule has 2 aromatic heterocycles. The summed E-state index contributed by atoms with van der Waals surface area (Å²) in [4.78, 5) is 31.7. The lowest BCUT2D eigenvalue weighted by Gasteiger charge is -2.16. The van der Waals surface area contributed by atoms with Crippen LogP contribution < -0.4 is 25.2 Å². The van der Waals surface area contributed by atoms with Crippen molar-refractivity contribution in [1.82, 2.24) is 20.2 Å². The third-order valence-corrected chi connectivity index (χ3v) is 7.31. The largest absolute Gasteiger partial charge is 0.490 e. The summed E-state index contributed by atoms with van der Waals surface area (Å²) >= 11 is 1.40. The maximum atomic E-state index is 13.8. The molecule has 0 fully saturated rings. The molecule has 1 amide bonds. The lowest BCUT2D eigenvalue weighted by Crippen LogP contribution is -2.23. The minimum Gasteiger partial charge on any atom is -0.490 e. The second-order valence-electron chi connectivity index (χ2n) is 9.07. The summed E-state index contributed by atoms with van der Waals surface area (Å²) in [5.74, 6) is 0.731. The third kappa shape index (κ3) is 5.77. The average Bonchev–Trinajstić information content (AvgIpc) is 3.59. The minimum atomic E-state index is -0.498. The van der Waals surface area contributed by atoms with Gasteiger partial charge in [-0.25, -0.2) is 10.4 Å². The predicted molar refractivity (Wildman–Crippen MR) is 165 cm³/mol. The quantitative estimate of drug-likeness (QED) is 0.150. The van der Waals surface area contributed by atoms with Gasteiger partial charge in [-0.2, -0.15) is 9.78 Å². The molecule has 11 heteroatoms. The number of benzene rings is 3. The number of fused-ring (bicyclic) bond motifs is 1. The van der Waals surface area contributed by atoms with Crippen LogP contribution in [0.1, 0.15) is 43.6 Å². The fourth-order valence-electron chi connectivity index (χ4n) is 4.45. The Kier molecular flexibility index (Phi) is 8.68. The van der Waals surface area contributed by atoms with Crippen molar-refractivity contribution in [2.75, 3.05) is 19.8 Å². The van der Waals surface area contributed by atoms with E-state index in [1.807, 2.05) is 75.4 Å². The highest BCUT2D eigenvalue weighted by Gasteiger charge is 2.22. The van der Waals surface area contributed by atoms with E-state index < -0.39 is 5.91 Å². The number of carbonyl (C=O) groups excluding carboxylic acids is 1. The first-order valence-corrected chi connectivity index (χ1v) is 14.4. The highest BCUT2D eigenvalue weighted by Crippen LogP contribution is 2.39. The zero-order valence-electron chi connectivity index (χ0n) is 23.8. The lowest BCUT2D eigenvalue weighted by atomic mass is 10.1. The average molecular weight is 586 g/mol. The fraction of sp³-hybridized carbons (Fsp3) is 0.226. The summed E-state index contributed by atoms with van der Waals surface area (Å²) < 4.78 is 19.6. The lowest BCUT2D eigenvalue weighted by molar-refractivity contribution is 0.0953. The Morgan fingerprint density at radius 2 is 1.60 bits per heavy atom. The molecule has 10 nitrogen and oxygen atoms in total. The van der Waals surface area contributed by atoms with E-state index in [1.54, 1.807) is 19.1 Å². The first-order valence-electron chi connectivity index (χ1n) is 13.6. The van der Waals surface area contributed by atoms with Gasteiger partial charge in [0.25, 0.3) is 11.5 Å². The van der Waals surface area contributed by atoms with Crippen LogP contribution in [-0.2, 0) is 0 Å². The molecule has 0 aliphatic heterocycles. The van der Waals surface area contributed by atoms with Crippen molar-refractivity contribution >= 4 is 33.2 Å². The highest BCUT2D eigenvalue weighted by atomic mass is 32.1. The van der Waals surface area contributed by atoms with Gasteiger partial charge in [0.1, 0.15) is 0 Å². The van der Waals surface area contributed by atoms with Crippen molar-refractivity contribution in [2.45, 2.75) is 27.7 Å². The Bertz CT molecular complexity index is 1750. The Balaban J connectivity index is 1.52. The summed E-state index contributed by atoms with van der Waals surface area (Å²) in [6, 6.07) is 20.3. The molecule has 0 aliphatic rings. The van der Waals surface area contributed by atoms with Crippen molar-refractivity contribution in [3.05, 3.63) is 88.2 Å². The summed E-state index contributed by atoms with van der Waals surface area (Å²) in [6.07, 6.45) is 0. The first-order chi connectivity index (χ1) is 20.4. The molecule has 5 rings (SSSR count). The Labute approximate surface area is 246 Å². The topological polar surface area (TPSA) is 120 Å². The van der Waals surface area contributed by atoms with Crippen LogP contribution >= 0.6 is 11.3 Å². The Hall–Kier alpha value is -4.90. The second kappa shape index (κ2) is 12.7. The van der Waals surface area contributed by atoms with Gasteiger partial charge in [-0.1, -0.05) is 53.8 Å². The summed E-state index contributed by atoms with van der Waals surface area (Å²) in [5.41, 5.74) is 5.32. The maximum absolute atomic E-state index is 13.8. The monoisotopic (exact) mass is 585 g/mol. The number of H-pyrrole nitrogens is 1.